The number of hydrogen-bond donors (Lipinski definition) is 1. The highest BCUT2D eigenvalue weighted by Gasteiger charge is 2.25. The number of benzene rings is 2. The minimum Gasteiger partial charge on any atom is -0.378 e. The molecule has 5 heteroatoms. The first kappa shape index (κ1) is 24.4. The first-order valence-corrected chi connectivity index (χ1v) is 10.9. The Bertz CT molecular complexity index is 677. The quantitative estimate of drug-likeness (QED) is 0.573. The van der Waals surface area contributed by atoms with Gasteiger partial charge in [0.25, 0.3) is 0 Å². The highest BCUT2D eigenvalue weighted by Crippen LogP contribution is 2.21. The largest absolute Gasteiger partial charge is 0.378 e. The maximum Gasteiger partial charge on any atom is 0.222 e. The van der Waals surface area contributed by atoms with Crippen LogP contribution in [-0.2, 0) is 22.4 Å². The average molecular weight is 431 g/mol. The Hall–Kier alpha value is -1.88. The van der Waals surface area contributed by atoms with Crippen molar-refractivity contribution < 1.29 is 9.53 Å². The number of carbonyl (C=O) groups is 1. The van der Waals surface area contributed by atoms with E-state index in [0.717, 1.165) is 51.8 Å². The number of rotatable bonds is 10. The maximum absolute atomic E-state index is 13.0. The molecule has 1 fully saturated rings. The molecule has 164 valence electrons. The van der Waals surface area contributed by atoms with Gasteiger partial charge in [-0.2, -0.15) is 0 Å². The summed E-state index contributed by atoms with van der Waals surface area (Å²) in [5.41, 5.74) is 8.13. The highest BCUT2D eigenvalue weighted by molar-refractivity contribution is 5.85. The molecule has 1 saturated heterocycles. The van der Waals surface area contributed by atoms with Crippen molar-refractivity contribution in [3.63, 3.8) is 0 Å². The minimum absolute atomic E-state index is 0. The second-order valence-corrected chi connectivity index (χ2v) is 8.04. The number of ether oxygens (including phenoxy) is 1. The molecule has 1 aliphatic rings. The standard InChI is InChI=1S/C25H34N2O2.ClH/c26-14-7-17-29-24-12-15-27(16-13-24)25(28)20-23(18-21-8-3-1-4-9-21)19-22-10-5-2-6-11-22;/h1-6,8-11,23-24H,7,12-20,26H2;1H. The molecule has 0 atom stereocenters. The summed E-state index contributed by atoms with van der Waals surface area (Å²) in [6, 6.07) is 21.0. The number of nitrogens with two attached hydrogens (primary N) is 1. The van der Waals surface area contributed by atoms with Gasteiger partial charge in [0.05, 0.1) is 6.10 Å². The summed E-state index contributed by atoms with van der Waals surface area (Å²) in [6.07, 6.45) is 5.49. The summed E-state index contributed by atoms with van der Waals surface area (Å²) in [4.78, 5) is 15.1. The van der Waals surface area contributed by atoms with Crippen molar-refractivity contribution >= 4 is 18.3 Å². The number of likely N-dealkylation sites (tertiary alicyclic amines) is 1. The van der Waals surface area contributed by atoms with Gasteiger partial charge in [-0.25, -0.2) is 0 Å². The Kier molecular flexibility index (Phi) is 10.9. The molecule has 0 unspecified atom stereocenters. The van der Waals surface area contributed by atoms with Gasteiger partial charge in [-0.05, 0) is 55.7 Å². The van der Waals surface area contributed by atoms with E-state index in [1.807, 2.05) is 17.0 Å². The van der Waals surface area contributed by atoms with Crippen LogP contribution < -0.4 is 5.73 Å². The highest BCUT2D eigenvalue weighted by atomic mass is 35.5. The molecule has 30 heavy (non-hydrogen) atoms. The molecule has 3 rings (SSSR count). The lowest BCUT2D eigenvalue weighted by molar-refractivity contribution is -0.134. The zero-order valence-electron chi connectivity index (χ0n) is 17.7. The van der Waals surface area contributed by atoms with Crippen LogP contribution in [0.2, 0.25) is 0 Å². The number of halogens is 1. The van der Waals surface area contributed by atoms with Crippen molar-refractivity contribution in [2.24, 2.45) is 11.7 Å². The number of amides is 1. The summed E-state index contributed by atoms with van der Waals surface area (Å²) < 4.78 is 5.87. The molecule has 0 aromatic heterocycles. The lowest BCUT2D eigenvalue weighted by Gasteiger charge is -2.33. The van der Waals surface area contributed by atoms with Gasteiger partial charge in [0, 0.05) is 26.1 Å². The van der Waals surface area contributed by atoms with Crippen molar-refractivity contribution in [3.8, 4) is 0 Å². The molecule has 0 saturated carbocycles. The summed E-state index contributed by atoms with van der Waals surface area (Å²) >= 11 is 0. The fourth-order valence-corrected chi connectivity index (χ4v) is 4.09. The van der Waals surface area contributed by atoms with Crippen molar-refractivity contribution in [1.29, 1.82) is 0 Å². The van der Waals surface area contributed by atoms with Crippen molar-refractivity contribution in [3.05, 3.63) is 71.8 Å². The van der Waals surface area contributed by atoms with E-state index in [0.29, 0.717) is 18.9 Å². The third kappa shape index (κ3) is 8.10. The number of piperidine rings is 1. The predicted molar refractivity (Wildman–Crippen MR) is 125 cm³/mol. The van der Waals surface area contributed by atoms with E-state index in [9.17, 15) is 4.79 Å². The van der Waals surface area contributed by atoms with Gasteiger partial charge in [-0.3, -0.25) is 4.79 Å². The van der Waals surface area contributed by atoms with E-state index < -0.39 is 0 Å². The second kappa shape index (κ2) is 13.4. The van der Waals surface area contributed by atoms with Crippen molar-refractivity contribution in [2.45, 2.75) is 44.6 Å². The Morgan fingerprint density at radius 3 is 2.00 bits per heavy atom. The lowest BCUT2D eigenvalue weighted by atomic mass is 9.89. The van der Waals surface area contributed by atoms with Crippen LogP contribution in [0.25, 0.3) is 0 Å². The molecule has 1 heterocycles. The summed E-state index contributed by atoms with van der Waals surface area (Å²) in [5.74, 6) is 0.591. The molecule has 0 aliphatic carbocycles. The van der Waals surface area contributed by atoms with E-state index in [2.05, 4.69) is 48.5 Å². The van der Waals surface area contributed by atoms with Crippen LogP contribution in [-0.4, -0.2) is 43.2 Å². The van der Waals surface area contributed by atoms with Gasteiger partial charge in [0.15, 0.2) is 0 Å². The van der Waals surface area contributed by atoms with Crippen molar-refractivity contribution in [2.75, 3.05) is 26.2 Å². The molecular formula is C25H35ClN2O2. The fourth-order valence-electron chi connectivity index (χ4n) is 4.09. The molecule has 2 aromatic carbocycles. The van der Waals surface area contributed by atoms with E-state index >= 15 is 0 Å². The topological polar surface area (TPSA) is 55.6 Å². The van der Waals surface area contributed by atoms with Crippen LogP contribution in [0.15, 0.2) is 60.7 Å². The van der Waals surface area contributed by atoms with Gasteiger partial charge in [0.2, 0.25) is 5.91 Å². The van der Waals surface area contributed by atoms with E-state index in [4.69, 9.17) is 10.5 Å². The monoisotopic (exact) mass is 430 g/mol. The van der Waals surface area contributed by atoms with Gasteiger partial charge in [-0.1, -0.05) is 60.7 Å². The molecule has 0 radical (unpaired) electrons. The van der Waals surface area contributed by atoms with Crippen LogP contribution in [0.1, 0.15) is 36.8 Å². The number of hydrogen-bond acceptors (Lipinski definition) is 3. The van der Waals surface area contributed by atoms with E-state index in [-0.39, 0.29) is 24.4 Å². The number of carbonyl (C=O) groups excluding carboxylic acids is 1. The first-order valence-electron chi connectivity index (χ1n) is 10.9. The Labute approximate surface area is 187 Å². The zero-order valence-corrected chi connectivity index (χ0v) is 18.6. The molecule has 1 amide bonds. The lowest BCUT2D eigenvalue weighted by Crippen LogP contribution is -2.41. The number of nitrogens with zero attached hydrogens (tertiary/aromatic N) is 1. The third-order valence-corrected chi connectivity index (χ3v) is 5.69. The molecule has 1 aliphatic heterocycles. The summed E-state index contributed by atoms with van der Waals surface area (Å²) in [6.45, 7) is 3.00. The molecule has 0 spiro atoms. The van der Waals surface area contributed by atoms with Crippen LogP contribution >= 0.6 is 12.4 Å². The Morgan fingerprint density at radius 2 is 1.50 bits per heavy atom. The van der Waals surface area contributed by atoms with Gasteiger partial charge in [-0.15, -0.1) is 12.4 Å². The SMILES string of the molecule is Cl.NCCCOC1CCN(C(=O)CC(Cc2ccccc2)Cc2ccccc2)CC1. The van der Waals surface area contributed by atoms with E-state index in [1.54, 1.807) is 0 Å². The summed E-state index contributed by atoms with van der Waals surface area (Å²) in [7, 11) is 0. The Morgan fingerprint density at radius 1 is 0.967 bits per heavy atom. The normalized spacial score (nSPS) is 14.5. The third-order valence-electron chi connectivity index (χ3n) is 5.69. The molecule has 4 nitrogen and oxygen atoms in total. The van der Waals surface area contributed by atoms with Crippen molar-refractivity contribution in [1.82, 2.24) is 4.90 Å². The smallest absolute Gasteiger partial charge is 0.222 e. The van der Waals surface area contributed by atoms with Crippen LogP contribution in [0.5, 0.6) is 0 Å². The Balaban J connectivity index is 0.00000320. The van der Waals surface area contributed by atoms with Gasteiger partial charge >= 0.3 is 0 Å². The zero-order chi connectivity index (χ0) is 20.3. The first-order chi connectivity index (χ1) is 14.2. The predicted octanol–water partition coefficient (Wildman–Crippen LogP) is 4.26. The minimum atomic E-state index is 0. The van der Waals surface area contributed by atoms with Crippen LogP contribution in [0.4, 0.5) is 0 Å². The maximum atomic E-state index is 13.0. The molecule has 2 aromatic rings. The molecule has 2 N–H and O–H groups in total. The fraction of sp³-hybridized carbons (Fsp3) is 0.480. The second-order valence-electron chi connectivity index (χ2n) is 8.04. The van der Waals surface area contributed by atoms with Gasteiger partial charge < -0.3 is 15.4 Å². The van der Waals surface area contributed by atoms with Crippen LogP contribution in [0.3, 0.4) is 0 Å². The van der Waals surface area contributed by atoms with E-state index in [1.165, 1.54) is 11.1 Å². The van der Waals surface area contributed by atoms with Gasteiger partial charge in [0.1, 0.15) is 0 Å². The summed E-state index contributed by atoms with van der Waals surface area (Å²) in [5, 5.41) is 0. The van der Waals surface area contributed by atoms with Crippen LogP contribution in [0, 0.1) is 5.92 Å². The molecule has 0 bridgehead atoms. The molecular weight excluding hydrogens is 396 g/mol. The average Bonchev–Trinajstić information content (AvgIpc) is 2.76.